The number of nitriles is 1. The first kappa shape index (κ1) is 24.1. The van der Waals surface area contributed by atoms with Crippen LogP contribution in [0.15, 0.2) is 35.9 Å². The SMILES string of the molecule is CCOC(=O)/C(C#N)=C/c1ccc(OC(=O)c2cc(OC)c(OC)c(OC)c2)c(OC)c1. The van der Waals surface area contributed by atoms with Gasteiger partial charge in [0.1, 0.15) is 11.6 Å². The molecule has 0 atom stereocenters. The van der Waals surface area contributed by atoms with Gasteiger partial charge >= 0.3 is 11.9 Å². The summed E-state index contributed by atoms with van der Waals surface area (Å²) in [5.74, 6) is -0.112. The van der Waals surface area contributed by atoms with Crippen LogP contribution in [0.3, 0.4) is 0 Å². The number of nitrogens with zero attached hydrogens (tertiary/aromatic N) is 1. The van der Waals surface area contributed by atoms with Gasteiger partial charge in [0, 0.05) is 0 Å². The van der Waals surface area contributed by atoms with Gasteiger partial charge in [0.15, 0.2) is 23.0 Å². The van der Waals surface area contributed by atoms with Gasteiger partial charge in [-0.15, -0.1) is 0 Å². The Balaban J connectivity index is 2.35. The topological polar surface area (TPSA) is 113 Å². The van der Waals surface area contributed by atoms with Crippen LogP contribution in [0, 0.1) is 11.3 Å². The van der Waals surface area contributed by atoms with E-state index in [1.165, 1.54) is 58.8 Å². The molecule has 0 radical (unpaired) electrons. The molecule has 0 aliphatic carbocycles. The molecule has 2 aromatic rings. The number of ether oxygens (including phenoxy) is 6. The molecule has 0 amide bonds. The average molecular weight is 441 g/mol. The molecule has 168 valence electrons. The van der Waals surface area contributed by atoms with E-state index in [0.29, 0.717) is 22.8 Å². The molecule has 0 saturated heterocycles. The summed E-state index contributed by atoms with van der Waals surface area (Å²) in [4.78, 5) is 24.6. The lowest BCUT2D eigenvalue weighted by Crippen LogP contribution is -2.10. The van der Waals surface area contributed by atoms with Crippen molar-refractivity contribution in [3.05, 3.63) is 47.0 Å². The lowest BCUT2D eigenvalue weighted by molar-refractivity contribution is -0.137. The zero-order chi connectivity index (χ0) is 23.7. The molecular weight excluding hydrogens is 418 g/mol. The highest BCUT2D eigenvalue weighted by molar-refractivity contribution is 5.98. The highest BCUT2D eigenvalue weighted by Crippen LogP contribution is 2.39. The summed E-state index contributed by atoms with van der Waals surface area (Å²) in [7, 11) is 5.73. The first-order valence-corrected chi connectivity index (χ1v) is 9.41. The smallest absolute Gasteiger partial charge is 0.348 e. The summed E-state index contributed by atoms with van der Waals surface area (Å²) in [6.07, 6.45) is 1.35. The van der Waals surface area contributed by atoms with Crippen molar-refractivity contribution in [1.29, 1.82) is 5.26 Å². The second-order valence-corrected chi connectivity index (χ2v) is 6.10. The van der Waals surface area contributed by atoms with Crippen LogP contribution in [0.2, 0.25) is 0 Å². The molecule has 0 heterocycles. The number of carbonyl (C=O) groups excluding carboxylic acids is 2. The Morgan fingerprint density at radius 3 is 2.03 bits per heavy atom. The van der Waals surface area contributed by atoms with Crippen molar-refractivity contribution < 1.29 is 38.0 Å². The van der Waals surface area contributed by atoms with Crippen molar-refractivity contribution in [2.75, 3.05) is 35.0 Å². The van der Waals surface area contributed by atoms with E-state index in [-0.39, 0.29) is 29.2 Å². The maximum Gasteiger partial charge on any atom is 0.348 e. The Morgan fingerprint density at radius 2 is 1.53 bits per heavy atom. The number of benzene rings is 2. The second kappa shape index (κ2) is 11.3. The average Bonchev–Trinajstić information content (AvgIpc) is 2.82. The summed E-state index contributed by atoms with van der Waals surface area (Å²) in [6, 6.07) is 9.30. The fraction of sp³-hybridized carbons (Fsp3) is 0.261. The molecule has 0 aliphatic rings. The van der Waals surface area contributed by atoms with E-state index in [1.807, 2.05) is 0 Å². The quantitative estimate of drug-likeness (QED) is 0.250. The largest absolute Gasteiger partial charge is 0.493 e. The van der Waals surface area contributed by atoms with E-state index >= 15 is 0 Å². The fourth-order valence-electron chi connectivity index (χ4n) is 2.73. The van der Waals surface area contributed by atoms with Gasteiger partial charge in [-0.05, 0) is 42.8 Å². The van der Waals surface area contributed by atoms with Gasteiger partial charge in [-0.2, -0.15) is 5.26 Å². The highest BCUT2D eigenvalue weighted by atomic mass is 16.6. The molecule has 2 rings (SSSR count). The maximum absolute atomic E-state index is 12.7. The van der Waals surface area contributed by atoms with E-state index in [0.717, 1.165) is 0 Å². The van der Waals surface area contributed by atoms with Gasteiger partial charge in [-0.25, -0.2) is 9.59 Å². The number of methoxy groups -OCH3 is 4. The summed E-state index contributed by atoms with van der Waals surface area (Å²) in [5, 5.41) is 9.18. The molecule has 0 aromatic heterocycles. The van der Waals surface area contributed by atoms with Crippen LogP contribution < -0.4 is 23.7 Å². The molecule has 32 heavy (non-hydrogen) atoms. The summed E-state index contributed by atoms with van der Waals surface area (Å²) in [6.45, 7) is 1.80. The minimum atomic E-state index is -0.730. The summed E-state index contributed by atoms with van der Waals surface area (Å²) >= 11 is 0. The molecule has 0 bridgehead atoms. The second-order valence-electron chi connectivity index (χ2n) is 6.10. The van der Waals surface area contributed by atoms with Crippen molar-refractivity contribution in [2.45, 2.75) is 6.92 Å². The van der Waals surface area contributed by atoms with Gasteiger partial charge in [0.25, 0.3) is 0 Å². The molecule has 0 aliphatic heterocycles. The molecule has 2 aromatic carbocycles. The first-order chi connectivity index (χ1) is 15.4. The molecule has 9 heteroatoms. The van der Waals surface area contributed by atoms with Crippen molar-refractivity contribution in [2.24, 2.45) is 0 Å². The fourth-order valence-corrected chi connectivity index (χ4v) is 2.73. The number of rotatable bonds is 9. The Kier molecular flexibility index (Phi) is 8.48. The Labute approximate surface area is 185 Å². The zero-order valence-electron chi connectivity index (χ0n) is 18.4. The lowest BCUT2D eigenvalue weighted by Gasteiger charge is -2.14. The Hall–Kier alpha value is -4.19. The predicted molar refractivity (Wildman–Crippen MR) is 114 cm³/mol. The third-order valence-corrected chi connectivity index (χ3v) is 4.22. The van der Waals surface area contributed by atoms with Crippen LogP contribution in [0.4, 0.5) is 0 Å². The molecule has 0 N–H and O–H groups in total. The third kappa shape index (κ3) is 5.49. The number of carbonyl (C=O) groups is 2. The van der Waals surface area contributed by atoms with Gasteiger partial charge in [-0.1, -0.05) is 6.07 Å². The number of hydrogen-bond acceptors (Lipinski definition) is 9. The molecule has 0 spiro atoms. The van der Waals surface area contributed by atoms with Gasteiger partial charge in [-0.3, -0.25) is 0 Å². The normalized spacial score (nSPS) is 10.6. The van der Waals surface area contributed by atoms with Gasteiger partial charge in [0.2, 0.25) is 5.75 Å². The molecule has 0 fully saturated rings. The highest BCUT2D eigenvalue weighted by Gasteiger charge is 2.20. The molecule has 0 saturated carbocycles. The summed E-state index contributed by atoms with van der Waals surface area (Å²) in [5.41, 5.74) is 0.481. The Bertz CT molecular complexity index is 1040. The number of esters is 2. The minimum absolute atomic E-state index is 0.137. The van der Waals surface area contributed by atoms with Crippen molar-refractivity contribution in [3.63, 3.8) is 0 Å². The zero-order valence-corrected chi connectivity index (χ0v) is 18.4. The third-order valence-electron chi connectivity index (χ3n) is 4.22. The van der Waals surface area contributed by atoms with Crippen LogP contribution in [-0.2, 0) is 9.53 Å². The minimum Gasteiger partial charge on any atom is -0.493 e. The van der Waals surface area contributed by atoms with Gasteiger partial charge in [0.05, 0.1) is 40.6 Å². The predicted octanol–water partition coefficient (Wildman–Crippen LogP) is 3.41. The van der Waals surface area contributed by atoms with Crippen molar-refractivity contribution >= 4 is 18.0 Å². The Morgan fingerprint density at radius 1 is 0.906 bits per heavy atom. The van der Waals surface area contributed by atoms with E-state index in [2.05, 4.69) is 0 Å². The van der Waals surface area contributed by atoms with Gasteiger partial charge < -0.3 is 28.4 Å². The van der Waals surface area contributed by atoms with Crippen LogP contribution in [0.25, 0.3) is 6.08 Å². The van der Waals surface area contributed by atoms with E-state index in [4.69, 9.17) is 28.4 Å². The van der Waals surface area contributed by atoms with Crippen LogP contribution in [-0.4, -0.2) is 47.0 Å². The van der Waals surface area contributed by atoms with Crippen molar-refractivity contribution in [1.82, 2.24) is 0 Å². The van der Waals surface area contributed by atoms with Crippen LogP contribution in [0.1, 0.15) is 22.8 Å². The van der Waals surface area contributed by atoms with E-state index in [1.54, 1.807) is 19.1 Å². The van der Waals surface area contributed by atoms with Crippen LogP contribution >= 0.6 is 0 Å². The monoisotopic (exact) mass is 441 g/mol. The maximum atomic E-state index is 12.7. The lowest BCUT2D eigenvalue weighted by atomic mass is 10.1. The first-order valence-electron chi connectivity index (χ1n) is 9.41. The van der Waals surface area contributed by atoms with Crippen LogP contribution in [0.5, 0.6) is 28.7 Å². The summed E-state index contributed by atoms with van der Waals surface area (Å²) < 4.78 is 31.4. The molecular formula is C23H23NO8. The molecule has 0 unspecified atom stereocenters. The van der Waals surface area contributed by atoms with E-state index in [9.17, 15) is 14.9 Å². The number of hydrogen-bond donors (Lipinski definition) is 0. The molecule has 9 nitrogen and oxygen atoms in total. The van der Waals surface area contributed by atoms with Crippen molar-refractivity contribution in [3.8, 4) is 34.8 Å². The van der Waals surface area contributed by atoms with E-state index < -0.39 is 11.9 Å². The standard InChI is InChI=1S/C23H23NO8/c1-6-31-22(25)16(13-24)9-14-7-8-17(18(10-14)27-2)32-23(26)15-11-19(28-3)21(30-5)20(12-15)29-4/h7-12H,6H2,1-5H3/b16-9+.